The minimum atomic E-state index is -4.12. The maximum Gasteiger partial charge on any atom is 0.388 e. The van der Waals surface area contributed by atoms with Crippen LogP contribution in [0.4, 0.5) is 0 Å². The summed E-state index contributed by atoms with van der Waals surface area (Å²) in [7, 11) is -4.12. The van der Waals surface area contributed by atoms with Gasteiger partial charge in [0.15, 0.2) is 17.3 Å². The normalized spacial score (nSPS) is 19.0. The summed E-state index contributed by atoms with van der Waals surface area (Å²) in [5.74, 6) is -2.26. The number of azide groups is 1. The van der Waals surface area contributed by atoms with Crippen LogP contribution in [0, 0.1) is 11.8 Å². The van der Waals surface area contributed by atoms with Crippen molar-refractivity contribution in [2.24, 2.45) is 21.3 Å². The van der Waals surface area contributed by atoms with Gasteiger partial charge in [0.1, 0.15) is 30.9 Å². The Morgan fingerprint density at radius 1 is 0.781 bits per heavy atom. The van der Waals surface area contributed by atoms with E-state index in [0.717, 1.165) is 12.8 Å². The van der Waals surface area contributed by atoms with Gasteiger partial charge in [0.05, 0.1) is 59.4 Å². The SMILES string of the molecule is CCCCOCCOCCN=S(=O)(Oc1ccc(C=O)cc1)Oc1cc(C(=O)CCCOCCOCCOCCN=[N+]=[N-])ccc1O[C@H]1O[C@H](COC(C)=O)[C@H](OC(C)=O)[C@H](C)[C@H]1C. The number of hydrogen-bond donors (Lipinski definition) is 0. The number of nitrogens with zero attached hydrogens (tertiary/aromatic N) is 4. The van der Waals surface area contributed by atoms with Crippen LogP contribution in [0.3, 0.4) is 0 Å². The molecule has 0 bridgehead atoms. The third-order valence-electron chi connectivity index (χ3n) is 9.46. The fourth-order valence-corrected chi connectivity index (χ4v) is 7.08. The zero-order valence-corrected chi connectivity index (χ0v) is 38.1. The largest absolute Gasteiger partial charge is 0.463 e. The Kier molecular flexibility index (Phi) is 25.3. The van der Waals surface area contributed by atoms with E-state index in [1.165, 1.54) is 56.3 Å². The number of carbonyl (C=O) groups excluding carboxylic acids is 4. The molecule has 1 heterocycles. The zero-order valence-electron chi connectivity index (χ0n) is 37.3. The zero-order chi connectivity index (χ0) is 46.6. The fraction of sp³-hybridized carbons (Fsp3) is 0.628. The molecule has 20 nitrogen and oxygen atoms in total. The van der Waals surface area contributed by atoms with Crippen molar-refractivity contribution in [2.75, 3.05) is 85.8 Å². The Morgan fingerprint density at radius 2 is 1.41 bits per heavy atom. The van der Waals surface area contributed by atoms with Gasteiger partial charge in [0, 0.05) is 67.9 Å². The number of carbonyl (C=O) groups is 4. The molecule has 1 saturated heterocycles. The number of esters is 2. The molecule has 0 aromatic heterocycles. The maximum atomic E-state index is 14.6. The molecule has 0 amide bonds. The molecule has 2 aromatic rings. The molecule has 6 atom stereocenters. The van der Waals surface area contributed by atoms with Crippen LogP contribution in [0.5, 0.6) is 17.2 Å². The van der Waals surface area contributed by atoms with Crippen molar-refractivity contribution in [3.63, 3.8) is 0 Å². The van der Waals surface area contributed by atoms with Crippen LogP contribution in [-0.4, -0.2) is 132 Å². The standard InChI is InChI=1S/C43H62N4O16S/c1-6-7-18-53-22-24-56-21-17-46-64(52,62-37-13-10-35(29-48)11-14-37)63-40-28-36(38(51)9-8-19-54-23-26-57-27-25-55-20-16-45-47-44)12-15-39(40)60-43-32(3)31(2)42(59-34(5)50)41(61-43)30-58-33(4)49/h10-15,28-29,31-32,41-43H,6-9,16-27,30H2,1-5H3/t31-,32-,41-,42-,43+,64?/m1/s1. The van der Waals surface area contributed by atoms with Crippen LogP contribution in [0.15, 0.2) is 51.9 Å². The third kappa shape index (κ3) is 20.3. The number of benzene rings is 2. The number of aldehydes is 1. The molecule has 3 rings (SSSR count). The Morgan fingerprint density at radius 3 is 2.02 bits per heavy atom. The van der Waals surface area contributed by atoms with Crippen LogP contribution >= 0.6 is 0 Å². The van der Waals surface area contributed by atoms with Gasteiger partial charge in [-0.05, 0) is 60.8 Å². The van der Waals surface area contributed by atoms with E-state index in [2.05, 4.69) is 21.3 Å². The molecule has 1 unspecified atom stereocenters. The Labute approximate surface area is 375 Å². The summed E-state index contributed by atoms with van der Waals surface area (Å²) in [6.07, 6.45) is 0.326. The van der Waals surface area contributed by atoms with Crippen molar-refractivity contribution >= 4 is 34.3 Å². The van der Waals surface area contributed by atoms with Gasteiger partial charge in [-0.1, -0.05) is 32.3 Å². The summed E-state index contributed by atoms with van der Waals surface area (Å²) in [6.45, 7) is 11.3. The highest BCUT2D eigenvalue weighted by Crippen LogP contribution is 2.38. The van der Waals surface area contributed by atoms with E-state index in [-0.39, 0.29) is 80.5 Å². The highest BCUT2D eigenvalue weighted by atomic mass is 32.2. The molecule has 0 radical (unpaired) electrons. The highest BCUT2D eigenvalue weighted by Gasteiger charge is 2.45. The number of ketones is 1. The number of ether oxygens (including phenoxy) is 9. The fourth-order valence-electron chi connectivity index (χ4n) is 5.93. The second kappa shape index (κ2) is 30.3. The van der Waals surface area contributed by atoms with E-state index < -0.39 is 46.6 Å². The lowest BCUT2D eigenvalue weighted by Gasteiger charge is -2.43. The molecule has 0 aliphatic carbocycles. The van der Waals surface area contributed by atoms with E-state index in [4.69, 9.17) is 56.5 Å². The predicted octanol–water partition coefficient (Wildman–Crippen LogP) is 6.28. The first kappa shape index (κ1) is 53.5. The second-order valence-corrected chi connectivity index (χ2v) is 15.9. The molecule has 0 N–H and O–H groups in total. The van der Waals surface area contributed by atoms with Gasteiger partial charge in [0.2, 0.25) is 6.29 Å². The number of unbranched alkanes of at least 4 members (excludes halogenated alkanes) is 1. The van der Waals surface area contributed by atoms with Crippen LogP contribution in [-0.2, 0) is 57.8 Å². The Hall–Kier alpha value is -4.86. The summed E-state index contributed by atoms with van der Waals surface area (Å²) in [5.41, 5.74) is 8.84. The maximum absolute atomic E-state index is 14.6. The summed E-state index contributed by atoms with van der Waals surface area (Å²) in [6, 6.07) is 10.2. The molecule has 356 valence electrons. The van der Waals surface area contributed by atoms with Crippen LogP contribution < -0.4 is 13.1 Å². The van der Waals surface area contributed by atoms with E-state index >= 15 is 0 Å². The van der Waals surface area contributed by atoms with Crippen LogP contribution in [0.1, 0.15) is 81.0 Å². The first-order valence-corrected chi connectivity index (χ1v) is 22.6. The minimum Gasteiger partial charge on any atom is -0.463 e. The summed E-state index contributed by atoms with van der Waals surface area (Å²) >= 11 is 0. The monoisotopic (exact) mass is 922 g/mol. The van der Waals surface area contributed by atoms with Crippen molar-refractivity contribution in [3.05, 3.63) is 64.0 Å². The van der Waals surface area contributed by atoms with Gasteiger partial charge < -0.3 is 51.0 Å². The van der Waals surface area contributed by atoms with Gasteiger partial charge >= 0.3 is 22.2 Å². The van der Waals surface area contributed by atoms with Gasteiger partial charge in [-0.2, -0.15) is 8.57 Å². The topological polar surface area (TPSA) is 248 Å². The van der Waals surface area contributed by atoms with Crippen LogP contribution in [0.25, 0.3) is 10.4 Å². The smallest absolute Gasteiger partial charge is 0.388 e. The number of rotatable bonds is 33. The van der Waals surface area contributed by atoms with Crippen LogP contribution in [0.2, 0.25) is 0 Å². The molecule has 0 saturated carbocycles. The van der Waals surface area contributed by atoms with Crippen molar-refractivity contribution in [1.29, 1.82) is 0 Å². The van der Waals surface area contributed by atoms with E-state index in [1.54, 1.807) is 0 Å². The lowest BCUT2D eigenvalue weighted by atomic mass is 9.84. The third-order valence-corrected chi connectivity index (χ3v) is 10.8. The van der Waals surface area contributed by atoms with Crippen molar-refractivity contribution < 1.29 is 74.4 Å². The molecule has 21 heteroatoms. The summed E-state index contributed by atoms with van der Waals surface area (Å²) in [4.78, 5) is 51.4. The lowest BCUT2D eigenvalue weighted by molar-refractivity contribution is -0.248. The lowest BCUT2D eigenvalue weighted by Crippen LogP contribution is -2.54. The van der Waals surface area contributed by atoms with Gasteiger partial charge in [-0.25, -0.2) is 0 Å². The highest BCUT2D eigenvalue weighted by molar-refractivity contribution is 7.85. The molecule has 1 aliphatic rings. The van der Waals surface area contributed by atoms with E-state index in [9.17, 15) is 23.4 Å². The molecular weight excluding hydrogens is 861 g/mol. The van der Waals surface area contributed by atoms with Crippen molar-refractivity contribution in [3.8, 4) is 17.2 Å². The number of Topliss-reactive ketones (excluding diaryl/α,β-unsaturated/α-hetero) is 1. The second-order valence-electron chi connectivity index (χ2n) is 14.4. The summed E-state index contributed by atoms with van der Waals surface area (Å²) < 4.78 is 81.9. The first-order chi connectivity index (χ1) is 30.9. The van der Waals surface area contributed by atoms with Crippen molar-refractivity contribution in [1.82, 2.24) is 0 Å². The Balaban J connectivity index is 1.85. The first-order valence-electron chi connectivity index (χ1n) is 21.3. The Bertz CT molecular complexity index is 1900. The predicted molar refractivity (Wildman–Crippen MR) is 231 cm³/mol. The average Bonchev–Trinajstić information content (AvgIpc) is 3.27. The van der Waals surface area contributed by atoms with E-state index in [0.29, 0.717) is 64.5 Å². The molecule has 64 heavy (non-hydrogen) atoms. The quantitative estimate of drug-likeness (QED) is 0.0145. The molecule has 2 aromatic carbocycles. The molecule has 1 fully saturated rings. The molecule has 0 spiro atoms. The molecule has 1 aliphatic heterocycles. The number of hydrogen-bond acceptors (Lipinski definition) is 18. The van der Waals surface area contributed by atoms with Gasteiger partial charge in [-0.3, -0.25) is 19.2 Å². The van der Waals surface area contributed by atoms with Crippen molar-refractivity contribution in [2.45, 2.75) is 78.8 Å². The summed E-state index contributed by atoms with van der Waals surface area (Å²) in [5, 5.41) is 3.39. The van der Waals surface area contributed by atoms with E-state index in [1.807, 2.05) is 13.8 Å². The van der Waals surface area contributed by atoms with Gasteiger partial charge in [-0.15, -0.1) is 0 Å². The van der Waals surface area contributed by atoms with Gasteiger partial charge in [0.25, 0.3) is 0 Å². The minimum absolute atomic E-state index is 0.00508. The molecular formula is C43H62N4O16S. The average molecular weight is 923 g/mol.